The van der Waals surface area contributed by atoms with Crippen molar-refractivity contribution < 1.29 is 24.2 Å². The van der Waals surface area contributed by atoms with Crippen LogP contribution in [0.1, 0.15) is 22.2 Å². The molecule has 26 heavy (non-hydrogen) atoms. The Kier molecular flexibility index (Phi) is 4.97. The maximum absolute atomic E-state index is 12.8. The topological polar surface area (TPSA) is 97.6 Å². The fraction of sp³-hybridized carbons (Fsp3) is 0.118. The Hall–Kier alpha value is -2.84. The number of rotatable bonds is 3. The Labute approximate surface area is 156 Å². The number of aromatic nitrogens is 1. The first-order valence-corrected chi connectivity index (χ1v) is 8.79. The summed E-state index contributed by atoms with van der Waals surface area (Å²) in [5.74, 6) is -1.03. The predicted octanol–water partition coefficient (Wildman–Crippen LogP) is 4.01. The summed E-state index contributed by atoms with van der Waals surface area (Å²) in [7, 11) is 0. The van der Waals surface area contributed by atoms with Gasteiger partial charge in [-0.05, 0) is 36.6 Å². The smallest absolute Gasteiger partial charge is 0.415 e. The quantitative estimate of drug-likeness (QED) is 0.656. The first kappa shape index (κ1) is 18.0. The summed E-state index contributed by atoms with van der Waals surface area (Å²) in [4.78, 5) is 37.1. The van der Waals surface area contributed by atoms with E-state index in [-0.39, 0.29) is 17.7 Å². The summed E-state index contributed by atoms with van der Waals surface area (Å²) >= 11 is 7.22. The first-order valence-electron chi connectivity index (χ1n) is 7.53. The van der Waals surface area contributed by atoms with Crippen molar-refractivity contribution in [2.45, 2.75) is 6.92 Å². The maximum atomic E-state index is 12.8. The molecule has 2 N–H and O–H groups in total. The molecular formula is C17H13ClN2O5S. The van der Waals surface area contributed by atoms with Gasteiger partial charge in [-0.3, -0.25) is 4.79 Å². The Bertz CT molecular complexity index is 1010. The predicted molar refractivity (Wildman–Crippen MR) is 97.3 cm³/mol. The molecule has 0 bridgehead atoms. The van der Waals surface area contributed by atoms with Gasteiger partial charge in [-0.1, -0.05) is 17.7 Å². The second kappa shape index (κ2) is 7.19. The molecule has 3 aromatic rings. The van der Waals surface area contributed by atoms with Crippen molar-refractivity contribution in [2.75, 3.05) is 6.61 Å². The van der Waals surface area contributed by atoms with Gasteiger partial charge in [0.2, 0.25) is 11.7 Å². The van der Waals surface area contributed by atoms with E-state index in [2.05, 4.69) is 4.74 Å². The number of benzene rings is 1. The zero-order valence-corrected chi connectivity index (χ0v) is 15.1. The molecule has 2 aromatic heterocycles. The summed E-state index contributed by atoms with van der Waals surface area (Å²) in [6.45, 7) is 1.67. The van der Waals surface area contributed by atoms with Gasteiger partial charge in [0.05, 0.1) is 22.6 Å². The number of carbonyl (C=O) groups excluding carboxylic acids is 3. The van der Waals surface area contributed by atoms with E-state index in [1.165, 1.54) is 29.5 Å². The van der Waals surface area contributed by atoms with Crippen LogP contribution in [0.15, 0.2) is 35.7 Å². The highest BCUT2D eigenvalue weighted by atomic mass is 35.5. The van der Waals surface area contributed by atoms with Crippen LogP contribution in [-0.4, -0.2) is 34.2 Å². The molecule has 1 aromatic carbocycles. The van der Waals surface area contributed by atoms with Crippen molar-refractivity contribution in [2.24, 2.45) is 0 Å². The normalized spacial score (nSPS) is 10.7. The van der Waals surface area contributed by atoms with E-state index >= 15 is 0 Å². The van der Waals surface area contributed by atoms with E-state index in [9.17, 15) is 19.5 Å². The van der Waals surface area contributed by atoms with E-state index in [1.54, 1.807) is 24.4 Å². The van der Waals surface area contributed by atoms with E-state index in [4.69, 9.17) is 11.6 Å². The lowest BCUT2D eigenvalue weighted by Crippen LogP contribution is -2.34. The van der Waals surface area contributed by atoms with Crippen molar-refractivity contribution in [3.05, 3.63) is 51.2 Å². The van der Waals surface area contributed by atoms with Crippen LogP contribution < -0.4 is 5.32 Å². The van der Waals surface area contributed by atoms with E-state index in [1.807, 2.05) is 5.32 Å². The van der Waals surface area contributed by atoms with E-state index in [0.29, 0.717) is 15.3 Å². The average molecular weight is 393 g/mol. The minimum absolute atomic E-state index is 0.0658. The third-order valence-electron chi connectivity index (χ3n) is 3.56. The number of ketones is 1. The number of imide groups is 1. The highest BCUT2D eigenvalue weighted by Gasteiger charge is 2.27. The number of hydrogen-bond acceptors (Lipinski definition) is 6. The Balaban J connectivity index is 2.16. The molecule has 0 saturated carbocycles. The van der Waals surface area contributed by atoms with Crippen LogP contribution in [0.2, 0.25) is 5.02 Å². The number of thiophene rings is 1. The van der Waals surface area contributed by atoms with Gasteiger partial charge in [0.15, 0.2) is 0 Å². The molecule has 3 rings (SSSR count). The second-order valence-corrected chi connectivity index (χ2v) is 6.54. The molecule has 0 aliphatic carbocycles. The van der Waals surface area contributed by atoms with Gasteiger partial charge < -0.3 is 9.84 Å². The molecule has 0 saturated heterocycles. The summed E-state index contributed by atoms with van der Waals surface area (Å²) in [6, 6.07) is 6.84. The molecule has 0 aliphatic heterocycles. The molecule has 0 aliphatic rings. The van der Waals surface area contributed by atoms with Crippen LogP contribution in [0, 0.1) is 0 Å². The third-order valence-corrected chi connectivity index (χ3v) is 4.67. The third kappa shape index (κ3) is 3.16. The van der Waals surface area contributed by atoms with Gasteiger partial charge in [0.1, 0.15) is 0 Å². The monoisotopic (exact) mass is 392 g/mol. The molecule has 0 spiro atoms. The van der Waals surface area contributed by atoms with Crippen LogP contribution in [0.3, 0.4) is 0 Å². The highest BCUT2D eigenvalue weighted by Crippen LogP contribution is 2.35. The van der Waals surface area contributed by atoms with Crippen molar-refractivity contribution >= 4 is 51.7 Å². The van der Waals surface area contributed by atoms with Gasteiger partial charge in [-0.25, -0.2) is 19.5 Å². The van der Waals surface area contributed by atoms with Crippen molar-refractivity contribution in [3.8, 4) is 5.88 Å². The van der Waals surface area contributed by atoms with E-state index in [0.717, 1.165) is 4.57 Å². The fourth-order valence-corrected chi connectivity index (χ4v) is 3.36. The standard InChI is InChI=1S/C17H13ClN2O5S/c1-2-25-17(24)19-16(23)20-11-6-5-9(18)8-10(11)13(15(20)22)14(21)12-4-3-7-26-12/h3-8,22H,2H2,1H3,(H,19,23,24). The zero-order chi connectivity index (χ0) is 18.8. The van der Waals surface area contributed by atoms with Gasteiger partial charge >= 0.3 is 12.1 Å². The Morgan fingerprint density at radius 3 is 2.73 bits per heavy atom. The van der Waals surface area contributed by atoms with Gasteiger partial charge in [-0.2, -0.15) is 0 Å². The van der Waals surface area contributed by atoms with Crippen LogP contribution in [0.25, 0.3) is 10.9 Å². The minimum Gasteiger partial charge on any atom is -0.494 e. The van der Waals surface area contributed by atoms with Gasteiger partial charge in [0, 0.05) is 10.4 Å². The molecule has 2 amide bonds. The van der Waals surface area contributed by atoms with Crippen molar-refractivity contribution in [3.63, 3.8) is 0 Å². The maximum Gasteiger partial charge on any atom is 0.415 e. The lowest BCUT2D eigenvalue weighted by atomic mass is 10.1. The Morgan fingerprint density at radius 1 is 1.31 bits per heavy atom. The summed E-state index contributed by atoms with van der Waals surface area (Å²) in [6.07, 6.45) is -0.959. The number of ether oxygens (including phenoxy) is 1. The van der Waals surface area contributed by atoms with Gasteiger partial charge in [0.25, 0.3) is 0 Å². The molecule has 2 heterocycles. The number of halogens is 1. The van der Waals surface area contributed by atoms with Crippen LogP contribution in [-0.2, 0) is 4.74 Å². The molecule has 134 valence electrons. The molecule has 0 unspecified atom stereocenters. The van der Waals surface area contributed by atoms with Crippen molar-refractivity contribution in [1.29, 1.82) is 0 Å². The SMILES string of the molecule is CCOC(=O)NC(=O)n1c(O)c(C(=O)c2cccs2)c2cc(Cl)ccc21. The lowest BCUT2D eigenvalue weighted by Gasteiger charge is -2.07. The number of amides is 2. The number of fused-ring (bicyclic) bond motifs is 1. The number of carbonyl (C=O) groups is 3. The number of alkyl carbamates (subject to hydrolysis) is 1. The number of nitrogens with one attached hydrogen (secondary N) is 1. The van der Waals surface area contributed by atoms with Crippen LogP contribution >= 0.6 is 22.9 Å². The zero-order valence-electron chi connectivity index (χ0n) is 13.5. The summed E-state index contributed by atoms with van der Waals surface area (Å²) in [5, 5.41) is 14.9. The Morgan fingerprint density at radius 2 is 2.08 bits per heavy atom. The summed E-state index contributed by atoms with van der Waals surface area (Å²) in [5.41, 5.74) is 0.164. The summed E-state index contributed by atoms with van der Waals surface area (Å²) < 4.78 is 5.50. The molecule has 7 nitrogen and oxygen atoms in total. The molecule has 0 radical (unpaired) electrons. The van der Waals surface area contributed by atoms with Gasteiger partial charge in [-0.15, -0.1) is 11.3 Å². The minimum atomic E-state index is -0.959. The number of aromatic hydroxyl groups is 1. The number of nitrogens with zero attached hydrogens (tertiary/aromatic N) is 1. The van der Waals surface area contributed by atoms with Crippen molar-refractivity contribution in [1.82, 2.24) is 9.88 Å². The molecule has 9 heteroatoms. The number of hydrogen-bond donors (Lipinski definition) is 2. The van der Waals surface area contributed by atoms with Crippen LogP contribution in [0.5, 0.6) is 5.88 Å². The van der Waals surface area contributed by atoms with E-state index < -0.39 is 23.8 Å². The lowest BCUT2D eigenvalue weighted by molar-refractivity contribution is 0.104. The second-order valence-electron chi connectivity index (χ2n) is 5.15. The largest absolute Gasteiger partial charge is 0.494 e. The van der Waals surface area contributed by atoms with Crippen LogP contribution in [0.4, 0.5) is 9.59 Å². The fourth-order valence-electron chi connectivity index (χ4n) is 2.52. The highest BCUT2D eigenvalue weighted by molar-refractivity contribution is 7.12. The molecule has 0 fully saturated rings. The average Bonchev–Trinajstić information content (AvgIpc) is 3.20. The molecule has 0 atom stereocenters. The first-order chi connectivity index (χ1) is 12.4. The molecular weight excluding hydrogens is 380 g/mol.